The highest BCUT2D eigenvalue weighted by Gasteiger charge is 2.28. The summed E-state index contributed by atoms with van der Waals surface area (Å²) in [6, 6.07) is 12.5. The third-order valence-electron chi connectivity index (χ3n) is 23.2. The summed E-state index contributed by atoms with van der Waals surface area (Å²) in [7, 11) is 0. The van der Waals surface area contributed by atoms with Crippen LogP contribution in [0.15, 0.2) is 36.4 Å². The molecule has 16 nitrogen and oxygen atoms in total. The van der Waals surface area contributed by atoms with Gasteiger partial charge >= 0.3 is 0 Å². The number of hydrogen-bond acceptors (Lipinski definition) is 14. The molecule has 636 valence electrons. The molecule has 0 saturated carbocycles. The van der Waals surface area contributed by atoms with E-state index in [1.807, 2.05) is 0 Å². The molecule has 0 spiro atoms. The highest BCUT2D eigenvalue weighted by Crippen LogP contribution is 2.46. The van der Waals surface area contributed by atoms with E-state index in [1.165, 1.54) is 308 Å². The van der Waals surface area contributed by atoms with E-state index >= 15 is 0 Å². The minimum absolute atomic E-state index is 0.243. The average Bonchev–Trinajstić information content (AvgIpc) is 1.60. The number of rotatable bonds is 72. The molecule has 0 aliphatic carbocycles. The monoisotopic (exact) mass is 1570 g/mol. The van der Waals surface area contributed by atoms with Crippen molar-refractivity contribution in [3.63, 3.8) is 0 Å². The Balaban J connectivity index is 1.20. The Bertz CT molecular complexity index is 3450. The fraction of sp³-hybridized carbons (Fsp3) is 0.735. The first-order valence-corrected chi connectivity index (χ1v) is 48.0. The predicted octanol–water partition coefficient (Wildman–Crippen LogP) is 30.3. The van der Waals surface area contributed by atoms with Gasteiger partial charge in [-0.25, -0.2) is 19.9 Å². The molecule has 5 heterocycles. The first-order valence-electron chi connectivity index (χ1n) is 48.0. The second-order valence-electron chi connectivity index (χ2n) is 33.5. The SMILES string of the molecule is CCCCCCCCCCCCOc1cc2c(cc1OCCCCCCCCCCCC)-c1nc-2nc2nnc(nc3nc(nc4[nH]c(n1)c1cc(OCCCCCCCCCCCC)c(OCCCCCCCCCCCC)cc41)-c1cc(OCCCCCCCCCCCC)c(OCCCCCCCCCCCC)cc1-3)[nH]2. The largest absolute Gasteiger partial charge is 0.490 e. The third kappa shape index (κ3) is 35.3. The Hall–Kier alpha value is -6.58. The summed E-state index contributed by atoms with van der Waals surface area (Å²) in [6.45, 7) is 17.2. The van der Waals surface area contributed by atoms with Crippen LogP contribution in [-0.4, -0.2) is 89.7 Å². The summed E-state index contributed by atoms with van der Waals surface area (Å²) in [5.74, 6) is 6.32. The van der Waals surface area contributed by atoms with E-state index in [4.69, 9.17) is 58.3 Å². The van der Waals surface area contributed by atoms with E-state index in [2.05, 4.69) is 98.1 Å². The molecule has 0 unspecified atom stereocenters. The first kappa shape index (κ1) is 92.9. The Morgan fingerprint density at radius 1 is 0.193 bits per heavy atom. The van der Waals surface area contributed by atoms with E-state index in [9.17, 15) is 0 Å². The van der Waals surface area contributed by atoms with Gasteiger partial charge in [-0.05, 0) is 74.9 Å². The van der Waals surface area contributed by atoms with Crippen LogP contribution in [0.25, 0.3) is 79.2 Å². The van der Waals surface area contributed by atoms with Crippen LogP contribution in [0.1, 0.15) is 427 Å². The van der Waals surface area contributed by atoms with Gasteiger partial charge in [0.25, 0.3) is 11.6 Å². The molecule has 2 aliphatic heterocycles. The Morgan fingerprint density at radius 2 is 0.368 bits per heavy atom. The lowest BCUT2D eigenvalue weighted by Gasteiger charge is -2.15. The van der Waals surface area contributed by atoms with Gasteiger partial charge in [0.2, 0.25) is 0 Å². The lowest BCUT2D eigenvalue weighted by Crippen LogP contribution is -2.03. The molecule has 2 N–H and O–H groups in total. The quantitative estimate of drug-likeness (QED) is 0.0342. The topological polar surface area (TPSA) is 190 Å². The molecule has 0 atom stereocenters. The van der Waals surface area contributed by atoms with Gasteiger partial charge in [-0.3, -0.25) is 4.98 Å². The van der Waals surface area contributed by atoms with Gasteiger partial charge in [-0.2, -0.15) is 9.97 Å². The van der Waals surface area contributed by atoms with Crippen LogP contribution in [0.4, 0.5) is 0 Å². The van der Waals surface area contributed by atoms with E-state index in [0.717, 1.165) is 110 Å². The van der Waals surface area contributed by atoms with Crippen LogP contribution in [0.5, 0.6) is 34.5 Å². The number of aromatic nitrogens is 10. The minimum Gasteiger partial charge on any atom is -0.490 e. The van der Waals surface area contributed by atoms with Gasteiger partial charge in [0, 0.05) is 33.0 Å². The second kappa shape index (κ2) is 59.1. The highest BCUT2D eigenvalue weighted by atomic mass is 16.5. The summed E-state index contributed by atoms with van der Waals surface area (Å²) in [5, 5.41) is 10.8. The van der Waals surface area contributed by atoms with Crippen molar-refractivity contribution in [2.75, 3.05) is 39.6 Å². The number of H-pyrrole nitrogens is 2. The minimum atomic E-state index is 0.243. The van der Waals surface area contributed by atoms with Gasteiger partial charge < -0.3 is 33.4 Å². The maximum Gasteiger partial charge on any atom is 0.251 e. The molecule has 0 radical (unpaired) electrons. The second-order valence-corrected chi connectivity index (χ2v) is 33.5. The van der Waals surface area contributed by atoms with Crippen LogP contribution in [-0.2, 0) is 0 Å². The van der Waals surface area contributed by atoms with Crippen LogP contribution in [0, 0.1) is 0 Å². The van der Waals surface area contributed by atoms with Crippen molar-refractivity contribution >= 4 is 33.6 Å². The summed E-state index contributed by atoms with van der Waals surface area (Å²) in [6.07, 6.45) is 74.8. The van der Waals surface area contributed by atoms with Crippen molar-refractivity contribution in [1.29, 1.82) is 0 Å². The molecule has 8 rings (SSSR count). The van der Waals surface area contributed by atoms with Crippen LogP contribution >= 0.6 is 0 Å². The van der Waals surface area contributed by atoms with Gasteiger partial charge in [0.05, 0.1) is 39.6 Å². The zero-order valence-electron chi connectivity index (χ0n) is 73.2. The molecule has 3 aromatic heterocycles. The number of hydrogen-bond donors (Lipinski definition) is 2. The smallest absolute Gasteiger partial charge is 0.251 e. The number of nitrogens with one attached hydrogen (secondary N) is 2. The Kier molecular flexibility index (Phi) is 48.2. The summed E-state index contributed by atoms with van der Waals surface area (Å²) in [5.41, 5.74) is 4.17. The van der Waals surface area contributed by atoms with Crippen LogP contribution in [0.2, 0.25) is 0 Å². The average molecular weight is 1570 g/mol. The van der Waals surface area contributed by atoms with Gasteiger partial charge in [0.15, 0.2) is 57.8 Å². The van der Waals surface area contributed by atoms with Gasteiger partial charge in [-0.1, -0.05) is 388 Å². The van der Waals surface area contributed by atoms with Crippen LogP contribution in [0.3, 0.4) is 0 Å². The maximum atomic E-state index is 6.94. The number of benzene rings is 3. The molecule has 0 amide bonds. The van der Waals surface area contributed by atoms with Gasteiger partial charge in [0.1, 0.15) is 11.3 Å². The molecule has 114 heavy (non-hydrogen) atoms. The molecule has 0 saturated heterocycles. The maximum absolute atomic E-state index is 6.94. The van der Waals surface area contributed by atoms with Crippen molar-refractivity contribution in [3.8, 4) is 80.0 Å². The highest BCUT2D eigenvalue weighted by molar-refractivity contribution is 6.06. The molecule has 6 aromatic rings. The summed E-state index contributed by atoms with van der Waals surface area (Å²) in [4.78, 5) is 39.3. The summed E-state index contributed by atoms with van der Waals surface area (Å²) >= 11 is 0. The zero-order valence-corrected chi connectivity index (χ0v) is 73.2. The Morgan fingerprint density at radius 3 is 0.570 bits per heavy atom. The van der Waals surface area contributed by atoms with E-state index in [1.54, 1.807) is 0 Å². The van der Waals surface area contributed by atoms with Crippen molar-refractivity contribution in [3.05, 3.63) is 36.4 Å². The lowest BCUT2D eigenvalue weighted by atomic mass is 10.1. The lowest BCUT2D eigenvalue weighted by molar-refractivity contribution is 0.258. The fourth-order valence-electron chi connectivity index (χ4n) is 16.1. The van der Waals surface area contributed by atoms with E-state index in [0.29, 0.717) is 109 Å². The molecule has 16 heteroatoms. The standard InChI is InChI=1S/C98H158N10O6/c1-7-13-19-25-31-37-43-49-55-61-67-109-85-73-79-80(74-86(85)110-68-62-56-50-44-38-32-26-20-14-8-2)92-99-91(79)100-93-81-75-87(111-69-63-57-51-45-39-33-27-21-15-9-3)89(113-71-65-59-53-47-41-35-29-23-17-11-5)77-83(81)95(102-93)104-97-106-98(108-107-97)105-96-84-78-90(114-72-66-60-54-48-42-36-30-24-18-12-6)88(76-82(84)94(101-92)103-96)112-70-64-58-52-46-40-34-28-22-16-10-4/h73-78H,7-72H2,1-6H3,(H2,99,100,101,102,103,104,105,106,107,108). The van der Waals surface area contributed by atoms with Gasteiger partial charge in [-0.15, -0.1) is 10.2 Å². The fourth-order valence-corrected chi connectivity index (χ4v) is 16.1. The first-order chi connectivity index (χ1) is 56.4. The number of ether oxygens (including phenoxy) is 6. The normalized spacial score (nSPS) is 11.8. The molecule has 0 fully saturated rings. The number of unbranched alkanes of at least 4 members (excludes halogenated alkanes) is 54. The van der Waals surface area contributed by atoms with Crippen molar-refractivity contribution in [1.82, 2.24) is 50.1 Å². The van der Waals surface area contributed by atoms with Crippen molar-refractivity contribution < 1.29 is 28.4 Å². The summed E-state index contributed by atoms with van der Waals surface area (Å²) < 4.78 is 41.3. The van der Waals surface area contributed by atoms with Crippen molar-refractivity contribution in [2.45, 2.75) is 427 Å². The Labute approximate surface area is 691 Å². The van der Waals surface area contributed by atoms with E-state index < -0.39 is 0 Å². The molecular weight excluding hydrogens is 1410 g/mol. The number of nitrogens with zero attached hydrogens (tertiary/aromatic N) is 8. The molecule has 2 aliphatic rings. The number of aromatic amines is 2. The number of fused-ring (bicyclic) bond motifs is 17. The zero-order chi connectivity index (χ0) is 79.8. The third-order valence-corrected chi connectivity index (χ3v) is 23.2. The molecule has 8 bridgehead atoms. The van der Waals surface area contributed by atoms with E-state index in [-0.39, 0.29) is 11.6 Å². The van der Waals surface area contributed by atoms with Crippen LogP contribution < -0.4 is 28.4 Å². The molecule has 3 aromatic carbocycles. The molecular formula is C98H158N10O6. The van der Waals surface area contributed by atoms with Crippen molar-refractivity contribution in [2.24, 2.45) is 0 Å². The predicted molar refractivity (Wildman–Crippen MR) is 478 cm³/mol.